The van der Waals surface area contributed by atoms with Crippen LogP contribution < -0.4 is 0 Å². The Morgan fingerprint density at radius 3 is 2.43 bits per heavy atom. The van der Waals surface area contributed by atoms with E-state index < -0.39 is 15.5 Å². The van der Waals surface area contributed by atoms with Gasteiger partial charge in [-0.25, -0.2) is 8.42 Å². The SMILES string of the molecule is [2H]C1([2H])C=CCS1(=O)=O. The Balaban J connectivity index is 3.14. The van der Waals surface area contributed by atoms with Crippen molar-refractivity contribution < 1.29 is 11.2 Å². The molecule has 1 aliphatic rings. The highest BCUT2D eigenvalue weighted by molar-refractivity contribution is 7.91. The van der Waals surface area contributed by atoms with Gasteiger partial charge in [0.25, 0.3) is 0 Å². The summed E-state index contributed by atoms with van der Waals surface area (Å²) in [5.41, 5.74) is -2.12. The van der Waals surface area contributed by atoms with E-state index in [1.54, 1.807) is 0 Å². The first-order valence-electron chi connectivity index (χ1n) is 2.86. The van der Waals surface area contributed by atoms with Crippen LogP contribution in [0.3, 0.4) is 0 Å². The lowest BCUT2D eigenvalue weighted by atomic mass is 10.6. The fourth-order valence-electron chi connectivity index (χ4n) is 0.375. The number of sulfone groups is 1. The third-order valence-corrected chi connectivity index (χ3v) is 1.81. The van der Waals surface area contributed by atoms with E-state index in [0.29, 0.717) is 0 Å². The van der Waals surface area contributed by atoms with Crippen LogP contribution in [-0.4, -0.2) is 19.9 Å². The second-order valence-corrected chi connectivity index (χ2v) is 3.10. The van der Waals surface area contributed by atoms with E-state index >= 15 is 0 Å². The summed E-state index contributed by atoms with van der Waals surface area (Å²) in [6.45, 7) is 0. The van der Waals surface area contributed by atoms with E-state index in [-0.39, 0.29) is 5.75 Å². The van der Waals surface area contributed by atoms with E-state index in [9.17, 15) is 8.42 Å². The van der Waals surface area contributed by atoms with Crippen LogP contribution in [0.25, 0.3) is 0 Å². The van der Waals surface area contributed by atoms with Crippen LogP contribution in [0, 0.1) is 0 Å². The van der Waals surface area contributed by atoms with Crippen molar-refractivity contribution in [1.29, 1.82) is 0 Å². The summed E-state index contributed by atoms with van der Waals surface area (Å²) in [5.74, 6) is -0.167. The lowest BCUT2D eigenvalue weighted by Crippen LogP contribution is -1.99. The van der Waals surface area contributed by atoms with Gasteiger partial charge in [0.15, 0.2) is 9.84 Å². The van der Waals surface area contributed by atoms with Gasteiger partial charge in [-0.05, 0) is 0 Å². The molecule has 0 unspecified atom stereocenters. The highest BCUT2D eigenvalue weighted by Crippen LogP contribution is 1.98. The van der Waals surface area contributed by atoms with E-state index in [4.69, 9.17) is 2.74 Å². The van der Waals surface area contributed by atoms with Gasteiger partial charge >= 0.3 is 0 Å². The first kappa shape index (κ1) is 2.87. The maximum atomic E-state index is 10.6. The second-order valence-electron chi connectivity index (χ2n) is 1.30. The Hall–Kier alpha value is -0.310. The second kappa shape index (κ2) is 1.33. The zero-order valence-electron chi connectivity index (χ0n) is 5.59. The van der Waals surface area contributed by atoms with Crippen LogP contribution in [0.15, 0.2) is 12.2 Å². The fourth-order valence-corrected chi connectivity index (χ4v) is 1.12. The Labute approximate surface area is 45.6 Å². The Morgan fingerprint density at radius 1 is 1.57 bits per heavy atom. The average Bonchev–Trinajstić information content (AvgIpc) is 1.81. The molecule has 0 aromatic rings. The van der Waals surface area contributed by atoms with Crippen molar-refractivity contribution in [3.8, 4) is 0 Å². The molecule has 0 amide bonds. The molecule has 0 N–H and O–H groups in total. The van der Waals surface area contributed by atoms with Gasteiger partial charge in [0.2, 0.25) is 0 Å². The average molecular weight is 120 g/mol. The molecule has 0 aliphatic carbocycles. The third-order valence-electron chi connectivity index (χ3n) is 0.681. The first-order valence-corrected chi connectivity index (χ1v) is 3.51. The molecule has 3 heteroatoms. The molecule has 0 aromatic carbocycles. The number of hydrogen-bond acceptors (Lipinski definition) is 2. The van der Waals surface area contributed by atoms with Gasteiger partial charge in [0, 0.05) is 2.74 Å². The van der Waals surface area contributed by atoms with Crippen molar-refractivity contribution in [3.63, 3.8) is 0 Å². The number of rotatable bonds is 0. The summed E-state index contributed by atoms with van der Waals surface area (Å²) >= 11 is 0. The molecule has 2 nitrogen and oxygen atoms in total. The molecule has 0 bridgehead atoms. The van der Waals surface area contributed by atoms with E-state index in [1.807, 2.05) is 0 Å². The molecule has 1 heterocycles. The minimum atomic E-state index is -3.50. The van der Waals surface area contributed by atoms with Crippen LogP contribution >= 0.6 is 0 Å². The van der Waals surface area contributed by atoms with E-state index in [1.165, 1.54) is 6.08 Å². The van der Waals surface area contributed by atoms with Gasteiger partial charge in [0.1, 0.15) is 0 Å². The van der Waals surface area contributed by atoms with Crippen molar-refractivity contribution in [1.82, 2.24) is 0 Å². The monoisotopic (exact) mass is 120 g/mol. The van der Waals surface area contributed by atoms with Gasteiger partial charge in [-0.15, -0.1) is 0 Å². The topological polar surface area (TPSA) is 34.1 Å². The zero-order chi connectivity index (χ0) is 7.12. The quantitative estimate of drug-likeness (QED) is 0.421. The minimum absolute atomic E-state index is 0.167. The van der Waals surface area contributed by atoms with Gasteiger partial charge in [-0.1, -0.05) is 12.2 Å². The van der Waals surface area contributed by atoms with Gasteiger partial charge in [-0.3, -0.25) is 0 Å². The summed E-state index contributed by atoms with van der Waals surface area (Å²) in [6.07, 6.45) is 2.40. The lowest BCUT2D eigenvalue weighted by molar-refractivity contribution is 0.603. The van der Waals surface area contributed by atoms with Gasteiger partial charge in [0.05, 0.1) is 11.5 Å². The van der Waals surface area contributed by atoms with Crippen molar-refractivity contribution >= 4 is 9.84 Å². The molecular weight excluding hydrogens is 112 g/mol. The molecule has 0 atom stereocenters. The zero-order valence-corrected chi connectivity index (χ0v) is 4.40. The Kier molecular flexibility index (Phi) is 0.546. The molecule has 0 saturated heterocycles. The number of hydrogen-bond donors (Lipinski definition) is 0. The highest BCUT2D eigenvalue weighted by Gasteiger charge is 2.09. The van der Waals surface area contributed by atoms with E-state index in [2.05, 4.69) is 0 Å². The summed E-state index contributed by atoms with van der Waals surface area (Å²) < 4.78 is 35.1. The Morgan fingerprint density at radius 2 is 2.29 bits per heavy atom. The molecule has 0 aromatic heterocycles. The maximum absolute atomic E-state index is 10.6. The normalized spacial score (nSPS) is 37.1. The van der Waals surface area contributed by atoms with Gasteiger partial charge < -0.3 is 0 Å². The molecular formula is C4H6O2S. The molecule has 0 radical (unpaired) electrons. The summed E-state index contributed by atoms with van der Waals surface area (Å²) in [6, 6.07) is 0. The van der Waals surface area contributed by atoms with Crippen molar-refractivity contribution in [2.24, 2.45) is 0 Å². The largest absolute Gasteiger partial charge is 0.228 e. The molecule has 1 aliphatic heterocycles. The first-order chi connectivity index (χ1) is 3.96. The van der Waals surface area contributed by atoms with Crippen LogP contribution in [0.5, 0.6) is 0 Å². The summed E-state index contributed by atoms with van der Waals surface area (Å²) in [4.78, 5) is 0. The highest BCUT2D eigenvalue weighted by atomic mass is 32.2. The Bertz CT molecular complexity index is 239. The van der Waals surface area contributed by atoms with Crippen molar-refractivity contribution in [3.05, 3.63) is 12.2 Å². The molecule has 1 rings (SSSR count). The van der Waals surface area contributed by atoms with Crippen LogP contribution in [0.4, 0.5) is 0 Å². The van der Waals surface area contributed by atoms with Crippen LogP contribution in [-0.2, 0) is 9.84 Å². The summed E-state index contributed by atoms with van der Waals surface area (Å²) in [7, 11) is -3.50. The van der Waals surface area contributed by atoms with E-state index in [0.717, 1.165) is 6.08 Å². The fraction of sp³-hybridized carbons (Fsp3) is 0.500. The molecule has 0 fully saturated rings. The third kappa shape index (κ3) is 1.03. The lowest BCUT2D eigenvalue weighted by Gasteiger charge is -1.82. The predicted octanol–water partition coefficient (Wildman–Crippen LogP) is -0.0290. The van der Waals surface area contributed by atoms with Crippen molar-refractivity contribution in [2.45, 2.75) is 0 Å². The van der Waals surface area contributed by atoms with Crippen LogP contribution in [0.1, 0.15) is 2.74 Å². The van der Waals surface area contributed by atoms with Crippen molar-refractivity contribution in [2.75, 3.05) is 11.5 Å². The maximum Gasteiger partial charge on any atom is 0.157 e. The van der Waals surface area contributed by atoms with Gasteiger partial charge in [-0.2, -0.15) is 0 Å². The molecule has 0 saturated carbocycles. The predicted molar refractivity (Wildman–Crippen MR) is 27.8 cm³/mol. The molecule has 40 valence electrons. The van der Waals surface area contributed by atoms with Crippen LogP contribution in [0.2, 0.25) is 0 Å². The molecule has 0 spiro atoms. The standard InChI is InChI=1S/C4H6O2S/c5-7(6)3-1-2-4-7/h1-2H,3-4H2/i3D2. The molecule has 7 heavy (non-hydrogen) atoms. The summed E-state index contributed by atoms with van der Waals surface area (Å²) in [5, 5.41) is 0. The smallest absolute Gasteiger partial charge is 0.157 e. The minimum Gasteiger partial charge on any atom is -0.228 e.